The predicted molar refractivity (Wildman–Crippen MR) is 93.0 cm³/mol. The van der Waals surface area contributed by atoms with Gasteiger partial charge in [-0.2, -0.15) is 0 Å². The zero-order valence-electron chi connectivity index (χ0n) is 11.0. The molecule has 4 heteroatoms. The Morgan fingerprint density at radius 3 is 1.21 bits per heavy atom. The molecule has 0 saturated heterocycles. The lowest BCUT2D eigenvalue weighted by Crippen LogP contribution is -1.77. The number of benzene rings is 2. The van der Waals surface area contributed by atoms with E-state index in [9.17, 15) is 0 Å². The summed E-state index contributed by atoms with van der Waals surface area (Å²) in [6, 6.07) is 17.6. The lowest BCUT2D eigenvalue weighted by molar-refractivity contribution is 1.35. The summed E-state index contributed by atoms with van der Waals surface area (Å²) >= 11 is 7.36. The molecule has 19 heavy (non-hydrogen) atoms. The van der Waals surface area contributed by atoms with Crippen molar-refractivity contribution in [2.75, 3.05) is 17.6 Å². The Hall–Kier alpha value is -0.160. The van der Waals surface area contributed by atoms with Crippen molar-refractivity contribution in [1.29, 1.82) is 0 Å². The molecule has 100 valence electrons. The third-order valence-corrected chi connectivity index (χ3v) is 6.21. The number of thioether (sulfide) groups is 4. The number of hydrogen-bond donors (Lipinski definition) is 0. The summed E-state index contributed by atoms with van der Waals surface area (Å²) in [7, 11) is 0. The van der Waals surface area contributed by atoms with Gasteiger partial charge >= 0.3 is 0 Å². The molecule has 0 bridgehead atoms. The maximum atomic E-state index is 2.20. The molecule has 0 N–H and O–H groups in total. The lowest BCUT2D eigenvalue weighted by Gasteiger charge is -2.04. The molecular weight excluding hydrogens is 308 g/mol. The standard InChI is InChI=1S/C15H16S4/c1-16-12-3-7-14(8-4-12)18-11-19-15-9-5-13(17-2)6-10-15/h3-10H,11H2,1-2H3. The molecule has 2 aromatic rings. The Morgan fingerprint density at radius 2 is 0.895 bits per heavy atom. The van der Waals surface area contributed by atoms with Gasteiger partial charge in [-0.05, 0) is 61.0 Å². The summed E-state index contributed by atoms with van der Waals surface area (Å²) in [5.74, 6) is 0. The molecule has 0 saturated carbocycles. The smallest absolute Gasteiger partial charge is 0.0486 e. The average Bonchev–Trinajstić information content (AvgIpc) is 2.49. The Morgan fingerprint density at radius 1 is 0.579 bits per heavy atom. The molecule has 0 aromatic heterocycles. The molecule has 0 spiro atoms. The third kappa shape index (κ3) is 5.03. The van der Waals surface area contributed by atoms with Gasteiger partial charge in [0.1, 0.15) is 0 Å². The van der Waals surface area contributed by atoms with Crippen molar-refractivity contribution in [1.82, 2.24) is 0 Å². The Labute approximate surface area is 132 Å². The van der Waals surface area contributed by atoms with E-state index >= 15 is 0 Å². The van der Waals surface area contributed by atoms with Crippen LogP contribution in [0.2, 0.25) is 0 Å². The van der Waals surface area contributed by atoms with Crippen LogP contribution in [0.15, 0.2) is 68.1 Å². The molecule has 0 aliphatic heterocycles. The van der Waals surface area contributed by atoms with Gasteiger partial charge in [-0.1, -0.05) is 0 Å². The summed E-state index contributed by atoms with van der Waals surface area (Å²) in [5, 5.41) is 1.05. The van der Waals surface area contributed by atoms with E-state index < -0.39 is 0 Å². The minimum absolute atomic E-state index is 1.05. The maximum absolute atomic E-state index is 2.20. The van der Waals surface area contributed by atoms with Gasteiger partial charge in [0.05, 0.1) is 0 Å². The summed E-state index contributed by atoms with van der Waals surface area (Å²) in [4.78, 5) is 5.33. The zero-order chi connectivity index (χ0) is 13.5. The van der Waals surface area contributed by atoms with Crippen LogP contribution in [-0.4, -0.2) is 17.6 Å². The summed E-state index contributed by atoms with van der Waals surface area (Å²) in [6.45, 7) is 0. The fourth-order valence-electron chi connectivity index (χ4n) is 1.51. The van der Waals surface area contributed by atoms with Gasteiger partial charge in [-0.15, -0.1) is 47.0 Å². The molecule has 0 aliphatic carbocycles. The van der Waals surface area contributed by atoms with E-state index in [-0.39, 0.29) is 0 Å². The van der Waals surface area contributed by atoms with Crippen molar-refractivity contribution >= 4 is 47.0 Å². The van der Waals surface area contributed by atoms with E-state index in [1.807, 2.05) is 23.5 Å². The van der Waals surface area contributed by atoms with E-state index in [0.717, 1.165) is 5.08 Å². The van der Waals surface area contributed by atoms with Gasteiger partial charge in [-0.3, -0.25) is 0 Å². The molecule has 0 amide bonds. The lowest BCUT2D eigenvalue weighted by atomic mass is 10.4. The van der Waals surface area contributed by atoms with Crippen molar-refractivity contribution in [2.45, 2.75) is 19.6 Å². The largest absolute Gasteiger partial charge is 0.130 e. The van der Waals surface area contributed by atoms with E-state index in [1.165, 1.54) is 19.6 Å². The average molecular weight is 325 g/mol. The molecule has 0 fully saturated rings. The highest BCUT2D eigenvalue weighted by molar-refractivity contribution is 8.16. The van der Waals surface area contributed by atoms with Gasteiger partial charge in [0.15, 0.2) is 0 Å². The first kappa shape index (κ1) is 15.2. The van der Waals surface area contributed by atoms with Crippen LogP contribution < -0.4 is 0 Å². The molecule has 2 rings (SSSR count). The minimum Gasteiger partial charge on any atom is -0.130 e. The Kier molecular flexibility index (Phi) is 6.57. The topological polar surface area (TPSA) is 0 Å². The third-order valence-electron chi connectivity index (χ3n) is 2.57. The molecule has 0 aliphatic rings. The van der Waals surface area contributed by atoms with Crippen molar-refractivity contribution < 1.29 is 0 Å². The Bertz CT molecular complexity index is 443. The SMILES string of the molecule is CSc1ccc(SCSc2ccc(SC)cc2)cc1. The van der Waals surface area contributed by atoms with Crippen LogP contribution in [0.25, 0.3) is 0 Å². The second kappa shape index (κ2) is 8.20. The van der Waals surface area contributed by atoms with Crippen molar-refractivity contribution in [3.05, 3.63) is 48.5 Å². The highest BCUT2D eigenvalue weighted by Crippen LogP contribution is 2.29. The molecule has 2 aromatic carbocycles. The van der Waals surface area contributed by atoms with Gasteiger partial charge in [0.25, 0.3) is 0 Å². The molecule has 0 atom stereocenters. The second-order valence-corrected chi connectivity index (χ2v) is 7.98. The van der Waals surface area contributed by atoms with Crippen LogP contribution >= 0.6 is 47.0 Å². The number of rotatable bonds is 6. The van der Waals surface area contributed by atoms with E-state index in [2.05, 4.69) is 61.0 Å². The minimum atomic E-state index is 1.05. The fourth-order valence-corrected chi connectivity index (χ4v) is 4.31. The molecule has 0 nitrogen and oxygen atoms in total. The first-order valence-electron chi connectivity index (χ1n) is 5.85. The van der Waals surface area contributed by atoms with Crippen LogP contribution in [-0.2, 0) is 0 Å². The van der Waals surface area contributed by atoms with Crippen molar-refractivity contribution in [2.24, 2.45) is 0 Å². The highest BCUT2D eigenvalue weighted by atomic mass is 32.2. The van der Waals surface area contributed by atoms with Crippen LogP contribution in [0.5, 0.6) is 0 Å². The predicted octanol–water partition coefficient (Wildman–Crippen LogP) is 5.97. The first-order valence-corrected chi connectivity index (χ1v) is 10.3. The van der Waals surface area contributed by atoms with Gasteiger partial charge in [0, 0.05) is 24.7 Å². The molecule has 0 radical (unpaired) electrons. The Balaban J connectivity index is 1.81. The summed E-state index contributed by atoms with van der Waals surface area (Å²) < 4.78 is 0. The molecule has 0 heterocycles. The van der Waals surface area contributed by atoms with Gasteiger partial charge in [-0.25, -0.2) is 0 Å². The molecule has 0 unspecified atom stereocenters. The van der Waals surface area contributed by atoms with Gasteiger partial charge < -0.3 is 0 Å². The fraction of sp³-hybridized carbons (Fsp3) is 0.200. The van der Waals surface area contributed by atoms with Crippen LogP contribution in [0.3, 0.4) is 0 Å². The molecular formula is C15H16S4. The normalized spacial score (nSPS) is 10.6. The first-order chi connectivity index (χ1) is 9.31. The van der Waals surface area contributed by atoms with Crippen LogP contribution in [0.1, 0.15) is 0 Å². The van der Waals surface area contributed by atoms with Crippen LogP contribution in [0.4, 0.5) is 0 Å². The van der Waals surface area contributed by atoms with Crippen LogP contribution in [0, 0.1) is 0 Å². The zero-order valence-corrected chi connectivity index (χ0v) is 14.2. The van der Waals surface area contributed by atoms with E-state index in [0.29, 0.717) is 0 Å². The summed E-state index contributed by atoms with van der Waals surface area (Å²) in [6.07, 6.45) is 4.21. The van der Waals surface area contributed by atoms with E-state index in [4.69, 9.17) is 0 Å². The maximum Gasteiger partial charge on any atom is 0.0486 e. The summed E-state index contributed by atoms with van der Waals surface area (Å²) in [5.41, 5.74) is 0. The van der Waals surface area contributed by atoms with E-state index in [1.54, 1.807) is 23.5 Å². The van der Waals surface area contributed by atoms with Crippen molar-refractivity contribution in [3.8, 4) is 0 Å². The second-order valence-electron chi connectivity index (χ2n) is 3.76. The number of hydrogen-bond acceptors (Lipinski definition) is 4. The van der Waals surface area contributed by atoms with Gasteiger partial charge in [0.2, 0.25) is 0 Å². The monoisotopic (exact) mass is 324 g/mol. The highest BCUT2D eigenvalue weighted by Gasteiger charge is 1.98. The van der Waals surface area contributed by atoms with Crippen molar-refractivity contribution in [3.63, 3.8) is 0 Å². The quantitative estimate of drug-likeness (QED) is 0.474.